The second-order valence-electron chi connectivity index (χ2n) is 2.66. The molecular weight excluding hydrogens is 250 g/mol. The Morgan fingerprint density at radius 2 is 2.07 bits per heavy atom. The van der Waals surface area contributed by atoms with E-state index in [1.807, 2.05) is 0 Å². The number of alkyl halides is 4. The number of halogens is 5. The van der Waals surface area contributed by atoms with Crippen LogP contribution in [0.1, 0.15) is 11.1 Å². The van der Waals surface area contributed by atoms with Gasteiger partial charge in [0.1, 0.15) is 5.15 Å². The van der Waals surface area contributed by atoms with E-state index in [0.29, 0.717) is 6.20 Å². The zero-order valence-electron chi connectivity index (χ0n) is 7.35. The molecule has 1 aromatic rings. The van der Waals surface area contributed by atoms with Gasteiger partial charge >= 0.3 is 6.18 Å². The molecule has 0 fully saturated rings. The third-order valence-electron chi connectivity index (χ3n) is 1.58. The van der Waals surface area contributed by atoms with E-state index in [9.17, 15) is 13.2 Å². The number of hydrogen-bond acceptors (Lipinski definition) is 1. The predicted octanol–water partition coefficient (Wildman–Crippen LogP) is 4.01. The van der Waals surface area contributed by atoms with Crippen LogP contribution in [0.3, 0.4) is 0 Å². The lowest BCUT2D eigenvalue weighted by Gasteiger charge is -2.07. The van der Waals surface area contributed by atoms with Gasteiger partial charge in [0.25, 0.3) is 0 Å². The van der Waals surface area contributed by atoms with Gasteiger partial charge in [0.05, 0.1) is 5.56 Å². The van der Waals surface area contributed by atoms with E-state index in [2.05, 4.69) is 4.98 Å². The SMILES string of the molecule is FC(F)(F)c1cnc(Cl)c(C=CCCl)c1. The molecule has 0 unspecified atom stereocenters. The molecule has 1 heterocycles. The van der Waals surface area contributed by atoms with Gasteiger partial charge in [-0.2, -0.15) is 13.2 Å². The van der Waals surface area contributed by atoms with Crippen LogP contribution in [0.5, 0.6) is 0 Å². The van der Waals surface area contributed by atoms with Crippen molar-refractivity contribution in [2.75, 3.05) is 5.88 Å². The van der Waals surface area contributed by atoms with Gasteiger partial charge in [-0.25, -0.2) is 4.98 Å². The van der Waals surface area contributed by atoms with Gasteiger partial charge in [0.15, 0.2) is 0 Å². The van der Waals surface area contributed by atoms with Crippen LogP contribution in [0.4, 0.5) is 13.2 Å². The largest absolute Gasteiger partial charge is 0.417 e. The Balaban J connectivity index is 3.11. The highest BCUT2D eigenvalue weighted by atomic mass is 35.5. The lowest BCUT2D eigenvalue weighted by Crippen LogP contribution is -2.05. The Hall–Kier alpha value is -0.740. The first kappa shape index (κ1) is 12.3. The summed E-state index contributed by atoms with van der Waals surface area (Å²) in [5, 5.41) is 0.0179. The molecule has 0 amide bonds. The van der Waals surface area contributed by atoms with Crippen LogP contribution in [0.2, 0.25) is 5.15 Å². The minimum Gasteiger partial charge on any atom is -0.243 e. The summed E-state index contributed by atoms with van der Waals surface area (Å²) in [6, 6.07) is 0.929. The number of allylic oxidation sites excluding steroid dienone is 1. The van der Waals surface area contributed by atoms with Crippen molar-refractivity contribution in [1.82, 2.24) is 4.98 Å². The van der Waals surface area contributed by atoms with Crippen molar-refractivity contribution in [3.05, 3.63) is 34.6 Å². The fraction of sp³-hybridized carbons (Fsp3) is 0.222. The maximum absolute atomic E-state index is 12.3. The molecule has 1 aromatic heterocycles. The third kappa shape index (κ3) is 3.39. The Bertz CT molecular complexity index is 374. The van der Waals surface area contributed by atoms with Gasteiger partial charge < -0.3 is 0 Å². The summed E-state index contributed by atoms with van der Waals surface area (Å²) < 4.78 is 36.9. The van der Waals surface area contributed by atoms with Gasteiger partial charge in [-0.3, -0.25) is 0 Å². The molecule has 0 spiro atoms. The second kappa shape index (κ2) is 4.86. The Labute approximate surface area is 94.5 Å². The molecular formula is C9H6Cl2F3N. The quantitative estimate of drug-likeness (QED) is 0.575. The van der Waals surface area contributed by atoms with Gasteiger partial charge in [0.2, 0.25) is 0 Å². The summed E-state index contributed by atoms with van der Waals surface area (Å²) in [7, 11) is 0. The molecule has 6 heteroatoms. The van der Waals surface area contributed by atoms with Gasteiger partial charge in [0, 0.05) is 17.6 Å². The standard InChI is InChI=1S/C9H6Cl2F3N/c10-3-1-2-6-4-7(9(12,13)14)5-15-8(6)11/h1-2,4-5H,3H2. The zero-order chi connectivity index (χ0) is 11.5. The zero-order valence-corrected chi connectivity index (χ0v) is 8.87. The van der Waals surface area contributed by atoms with Crippen LogP contribution >= 0.6 is 23.2 Å². The van der Waals surface area contributed by atoms with Gasteiger partial charge in [-0.15, -0.1) is 11.6 Å². The molecule has 0 bridgehead atoms. The second-order valence-corrected chi connectivity index (χ2v) is 3.33. The molecule has 0 saturated heterocycles. The molecule has 0 atom stereocenters. The fourth-order valence-corrected chi connectivity index (χ4v) is 1.16. The molecule has 15 heavy (non-hydrogen) atoms. The number of aromatic nitrogens is 1. The van der Waals surface area contributed by atoms with E-state index >= 15 is 0 Å². The highest BCUT2D eigenvalue weighted by Gasteiger charge is 2.31. The average molecular weight is 256 g/mol. The maximum Gasteiger partial charge on any atom is 0.417 e. The van der Waals surface area contributed by atoms with E-state index in [-0.39, 0.29) is 16.6 Å². The van der Waals surface area contributed by atoms with Crippen molar-refractivity contribution in [1.29, 1.82) is 0 Å². The molecule has 1 nitrogen and oxygen atoms in total. The molecule has 0 aromatic carbocycles. The molecule has 1 rings (SSSR count). The van der Waals surface area contributed by atoms with Crippen LogP contribution < -0.4 is 0 Å². The Kier molecular flexibility index (Phi) is 3.99. The Morgan fingerprint density at radius 3 is 2.60 bits per heavy atom. The maximum atomic E-state index is 12.3. The number of hydrogen-bond donors (Lipinski definition) is 0. The average Bonchev–Trinajstić information content (AvgIpc) is 2.15. The summed E-state index contributed by atoms with van der Waals surface area (Å²) in [5.41, 5.74) is -0.631. The van der Waals surface area contributed by atoms with E-state index in [4.69, 9.17) is 23.2 Å². The first-order valence-corrected chi connectivity index (χ1v) is 4.81. The summed E-state index contributed by atoms with van der Waals surface area (Å²) in [6.45, 7) is 0. The van der Waals surface area contributed by atoms with Crippen molar-refractivity contribution < 1.29 is 13.2 Å². The smallest absolute Gasteiger partial charge is 0.243 e. The predicted molar refractivity (Wildman–Crippen MR) is 54.0 cm³/mol. The van der Waals surface area contributed by atoms with Crippen LogP contribution in [0.15, 0.2) is 18.3 Å². The van der Waals surface area contributed by atoms with Crippen LogP contribution in [0, 0.1) is 0 Å². The Morgan fingerprint density at radius 1 is 1.40 bits per heavy atom. The third-order valence-corrected chi connectivity index (χ3v) is 2.07. The van der Waals surface area contributed by atoms with Crippen molar-refractivity contribution >= 4 is 29.3 Å². The van der Waals surface area contributed by atoms with Crippen molar-refractivity contribution in [2.45, 2.75) is 6.18 Å². The lowest BCUT2D eigenvalue weighted by molar-refractivity contribution is -0.137. The number of pyridine rings is 1. The van der Waals surface area contributed by atoms with Crippen molar-refractivity contribution in [3.8, 4) is 0 Å². The van der Waals surface area contributed by atoms with Crippen LogP contribution in [0.25, 0.3) is 6.08 Å². The highest BCUT2D eigenvalue weighted by Crippen LogP contribution is 2.30. The topological polar surface area (TPSA) is 12.9 Å². The fourth-order valence-electron chi connectivity index (χ4n) is 0.909. The summed E-state index contributed by atoms with van der Waals surface area (Å²) in [5.74, 6) is 0.201. The molecule has 0 N–H and O–H groups in total. The summed E-state index contributed by atoms with van der Waals surface area (Å²) >= 11 is 11.0. The van der Waals surface area contributed by atoms with Gasteiger partial charge in [-0.05, 0) is 6.07 Å². The highest BCUT2D eigenvalue weighted by molar-refractivity contribution is 6.30. The van der Waals surface area contributed by atoms with Crippen LogP contribution in [-0.4, -0.2) is 10.9 Å². The molecule has 0 aliphatic carbocycles. The molecule has 0 aliphatic rings. The molecule has 0 saturated carbocycles. The molecule has 0 radical (unpaired) electrons. The summed E-state index contributed by atoms with van der Waals surface area (Å²) in [6.07, 6.45) is -0.830. The number of rotatable bonds is 2. The van der Waals surface area contributed by atoms with Gasteiger partial charge in [-0.1, -0.05) is 23.8 Å². The van der Waals surface area contributed by atoms with Crippen molar-refractivity contribution in [2.24, 2.45) is 0 Å². The van der Waals surface area contributed by atoms with E-state index in [0.717, 1.165) is 6.07 Å². The molecule has 82 valence electrons. The first-order chi connectivity index (χ1) is 6.95. The minimum atomic E-state index is -4.42. The molecule has 0 aliphatic heterocycles. The summed E-state index contributed by atoms with van der Waals surface area (Å²) in [4.78, 5) is 3.45. The van der Waals surface area contributed by atoms with E-state index in [1.165, 1.54) is 12.2 Å². The van der Waals surface area contributed by atoms with Crippen LogP contribution in [-0.2, 0) is 6.18 Å². The minimum absolute atomic E-state index is 0.0179. The number of nitrogens with zero attached hydrogens (tertiary/aromatic N) is 1. The van der Waals surface area contributed by atoms with E-state index < -0.39 is 11.7 Å². The first-order valence-electron chi connectivity index (χ1n) is 3.90. The van der Waals surface area contributed by atoms with Crippen molar-refractivity contribution in [3.63, 3.8) is 0 Å². The van der Waals surface area contributed by atoms with E-state index in [1.54, 1.807) is 0 Å². The normalized spacial score (nSPS) is 12.3. The monoisotopic (exact) mass is 255 g/mol. The lowest BCUT2D eigenvalue weighted by atomic mass is 10.2.